The zero-order chi connectivity index (χ0) is 27.4. The monoisotopic (exact) mass is 534 g/mol. The molecule has 0 unspecified atom stereocenters. The number of rotatable bonds is 7. The fourth-order valence-corrected chi connectivity index (χ4v) is 4.95. The average molecular weight is 535 g/mol. The van der Waals surface area contributed by atoms with Crippen LogP contribution in [0.15, 0.2) is 56.6 Å². The van der Waals surface area contributed by atoms with Crippen molar-refractivity contribution < 1.29 is 14.3 Å². The first-order valence-corrected chi connectivity index (χ1v) is 12.5. The van der Waals surface area contributed by atoms with Gasteiger partial charge in [0.2, 0.25) is 0 Å². The first-order chi connectivity index (χ1) is 18.0. The normalized spacial score (nSPS) is 14.2. The highest BCUT2D eigenvalue weighted by Crippen LogP contribution is 2.41. The third kappa shape index (κ3) is 4.27. The van der Waals surface area contributed by atoms with E-state index in [1.54, 1.807) is 24.3 Å². The van der Waals surface area contributed by atoms with Crippen molar-refractivity contribution in [3.63, 3.8) is 0 Å². The van der Waals surface area contributed by atoms with Gasteiger partial charge in [0.25, 0.3) is 16.8 Å². The summed E-state index contributed by atoms with van der Waals surface area (Å²) in [5, 5.41) is 16.3. The van der Waals surface area contributed by atoms with Gasteiger partial charge < -0.3 is 25.1 Å². The number of aliphatic hydroxyl groups excluding tert-OH is 1. The Bertz CT molecular complexity index is 1630. The second-order valence-electron chi connectivity index (χ2n) is 10.4. The van der Waals surface area contributed by atoms with E-state index in [4.69, 9.17) is 16.0 Å². The summed E-state index contributed by atoms with van der Waals surface area (Å²) in [5.41, 5.74) is 0.551. The van der Waals surface area contributed by atoms with Gasteiger partial charge in [-0.2, -0.15) is 0 Å². The molecule has 9 nitrogen and oxygen atoms in total. The van der Waals surface area contributed by atoms with Gasteiger partial charge in [-0.1, -0.05) is 32.4 Å². The highest BCUT2D eigenvalue weighted by molar-refractivity contribution is 6.33. The standard InChI is InChI=1S/C28H27ClN4O5/c1-14-7-10-20(38-14)26(28(2,3)4)32-23-22(24(35)25(23)36)31-17-9-8-16(29)15-12-33(27(37)21(15)17)19-6-5-11-30-18(19)13-34/h5-11,26,31-32,34H,12-13H2,1-4H3/t26-/m0/s1. The smallest absolute Gasteiger partial charge is 0.261 e. The van der Waals surface area contributed by atoms with Crippen LogP contribution in [0.3, 0.4) is 0 Å². The summed E-state index contributed by atoms with van der Waals surface area (Å²) in [6.07, 6.45) is 1.54. The van der Waals surface area contributed by atoms with Crippen molar-refractivity contribution in [1.82, 2.24) is 4.98 Å². The van der Waals surface area contributed by atoms with Gasteiger partial charge in [0, 0.05) is 16.8 Å². The largest absolute Gasteiger partial charge is 0.464 e. The van der Waals surface area contributed by atoms with Gasteiger partial charge >= 0.3 is 0 Å². The number of benzene rings is 1. The van der Waals surface area contributed by atoms with E-state index in [2.05, 4.69) is 15.6 Å². The Morgan fingerprint density at radius 1 is 1.11 bits per heavy atom. The van der Waals surface area contributed by atoms with E-state index in [0.29, 0.717) is 39.0 Å². The van der Waals surface area contributed by atoms with E-state index in [0.717, 1.165) is 5.76 Å². The molecule has 0 spiro atoms. The molecule has 2 aromatic carbocycles. The summed E-state index contributed by atoms with van der Waals surface area (Å²) >= 11 is 6.46. The molecule has 0 radical (unpaired) electrons. The van der Waals surface area contributed by atoms with Crippen LogP contribution >= 0.6 is 11.6 Å². The number of nitrogens with zero attached hydrogens (tertiary/aromatic N) is 2. The van der Waals surface area contributed by atoms with Crippen LogP contribution in [0, 0.1) is 12.3 Å². The molecule has 1 aliphatic rings. The summed E-state index contributed by atoms with van der Waals surface area (Å²) in [6.45, 7) is 7.67. The SMILES string of the molecule is Cc1ccc([C@H](Nc2c(Nc3ccc(Cl)c4c3C(=O)N(c3cccnc3CO)C4)c(=O)c2=O)C(C)(C)C)o1. The van der Waals surface area contributed by atoms with Crippen molar-refractivity contribution in [3.05, 3.63) is 96.4 Å². The van der Waals surface area contributed by atoms with Crippen molar-refractivity contribution in [2.45, 2.75) is 46.9 Å². The number of anilines is 4. The number of fused-ring (bicyclic) bond motifs is 1. The Morgan fingerprint density at radius 2 is 1.84 bits per heavy atom. The minimum atomic E-state index is -0.684. The maximum atomic E-state index is 13.6. The minimum absolute atomic E-state index is 0.0701. The van der Waals surface area contributed by atoms with Gasteiger partial charge in [0.05, 0.1) is 41.8 Å². The molecular formula is C28H27ClN4O5. The molecule has 3 N–H and O–H groups in total. The summed E-state index contributed by atoms with van der Waals surface area (Å²) in [4.78, 5) is 44.5. The first-order valence-electron chi connectivity index (χ1n) is 12.1. The number of furan rings is 1. The molecule has 0 aliphatic carbocycles. The molecule has 0 saturated carbocycles. The van der Waals surface area contributed by atoms with E-state index in [9.17, 15) is 19.5 Å². The lowest BCUT2D eigenvalue weighted by atomic mass is 9.85. The van der Waals surface area contributed by atoms with E-state index < -0.39 is 16.9 Å². The summed E-state index contributed by atoms with van der Waals surface area (Å²) in [7, 11) is 0. The zero-order valence-corrected chi connectivity index (χ0v) is 22.1. The van der Waals surface area contributed by atoms with Crippen LogP contribution in [0.5, 0.6) is 0 Å². The summed E-state index contributed by atoms with van der Waals surface area (Å²) in [6, 6.07) is 9.92. The lowest BCUT2D eigenvalue weighted by molar-refractivity contribution is 0.0997. The van der Waals surface area contributed by atoms with Crippen molar-refractivity contribution >= 4 is 40.3 Å². The van der Waals surface area contributed by atoms with Crippen molar-refractivity contribution in [3.8, 4) is 0 Å². The zero-order valence-electron chi connectivity index (χ0n) is 21.4. The Balaban J connectivity index is 1.50. The first kappa shape index (κ1) is 25.7. The second kappa shape index (κ2) is 9.41. The fraction of sp³-hybridized carbons (Fsp3) is 0.286. The number of carbonyl (C=O) groups is 1. The number of carbonyl (C=O) groups excluding carboxylic acids is 1. The summed E-state index contributed by atoms with van der Waals surface area (Å²) in [5.74, 6) is 1.01. The predicted molar refractivity (Wildman–Crippen MR) is 146 cm³/mol. The van der Waals surface area contributed by atoms with Crippen LogP contribution in [-0.2, 0) is 13.2 Å². The van der Waals surface area contributed by atoms with E-state index in [1.807, 2.05) is 39.8 Å². The lowest BCUT2D eigenvalue weighted by Crippen LogP contribution is -2.39. The second-order valence-corrected chi connectivity index (χ2v) is 10.8. The Morgan fingerprint density at radius 3 is 2.50 bits per heavy atom. The highest BCUT2D eigenvalue weighted by Gasteiger charge is 2.36. The number of amides is 1. The van der Waals surface area contributed by atoms with E-state index in [1.165, 1.54) is 11.1 Å². The molecule has 38 heavy (non-hydrogen) atoms. The Kier molecular flexibility index (Phi) is 6.36. The number of hydrogen-bond donors (Lipinski definition) is 3. The topological polar surface area (TPSA) is 125 Å². The van der Waals surface area contributed by atoms with Gasteiger partial charge in [0.1, 0.15) is 22.9 Å². The number of nitrogens with one attached hydrogen (secondary N) is 2. The minimum Gasteiger partial charge on any atom is -0.464 e. The van der Waals surface area contributed by atoms with E-state index >= 15 is 0 Å². The lowest BCUT2D eigenvalue weighted by Gasteiger charge is -2.31. The molecular weight excluding hydrogens is 508 g/mol. The molecule has 0 fully saturated rings. The molecule has 4 aromatic rings. The maximum Gasteiger partial charge on any atom is 0.261 e. The molecule has 196 valence electrons. The molecule has 10 heteroatoms. The van der Waals surface area contributed by atoms with Crippen molar-refractivity contribution in [1.29, 1.82) is 0 Å². The van der Waals surface area contributed by atoms with Gasteiger partial charge in [-0.25, -0.2) is 0 Å². The van der Waals surface area contributed by atoms with Crippen LogP contribution in [-0.4, -0.2) is 16.0 Å². The molecule has 2 aromatic heterocycles. The van der Waals surface area contributed by atoms with Crippen LogP contribution in [0.25, 0.3) is 0 Å². The number of hydrogen-bond acceptors (Lipinski definition) is 8. The third-order valence-corrected chi connectivity index (χ3v) is 7.06. The Labute approximate surface area is 223 Å². The number of aromatic nitrogens is 1. The number of aryl methyl sites for hydroxylation is 1. The molecule has 0 bridgehead atoms. The molecule has 1 aliphatic heterocycles. The van der Waals surface area contributed by atoms with Crippen LogP contribution in [0.1, 0.15) is 59.9 Å². The average Bonchev–Trinajstić information content (AvgIpc) is 3.47. The summed E-state index contributed by atoms with van der Waals surface area (Å²) < 4.78 is 5.83. The van der Waals surface area contributed by atoms with E-state index in [-0.39, 0.29) is 35.8 Å². The van der Waals surface area contributed by atoms with Crippen molar-refractivity contribution in [2.75, 3.05) is 15.5 Å². The maximum absolute atomic E-state index is 13.6. The van der Waals surface area contributed by atoms with Crippen LogP contribution < -0.4 is 26.4 Å². The van der Waals surface area contributed by atoms with Gasteiger partial charge in [-0.3, -0.25) is 19.4 Å². The number of pyridine rings is 1. The van der Waals surface area contributed by atoms with Gasteiger partial charge in [0.15, 0.2) is 0 Å². The molecule has 1 amide bonds. The van der Waals surface area contributed by atoms with Crippen molar-refractivity contribution in [2.24, 2.45) is 5.41 Å². The Hall–Kier alpha value is -3.95. The molecule has 5 rings (SSSR count). The molecule has 0 saturated heterocycles. The highest BCUT2D eigenvalue weighted by atomic mass is 35.5. The number of aliphatic hydroxyl groups is 1. The van der Waals surface area contributed by atoms with Crippen LogP contribution in [0.2, 0.25) is 5.02 Å². The quantitative estimate of drug-likeness (QED) is 0.288. The predicted octanol–water partition coefficient (Wildman–Crippen LogP) is 4.83. The van der Waals surface area contributed by atoms with Gasteiger partial charge in [-0.15, -0.1) is 0 Å². The molecule has 1 atom stereocenters. The van der Waals surface area contributed by atoms with Crippen LogP contribution in [0.4, 0.5) is 22.7 Å². The third-order valence-electron chi connectivity index (χ3n) is 6.71. The number of halogens is 1. The fourth-order valence-electron chi connectivity index (χ4n) is 4.73. The molecule has 3 heterocycles. The van der Waals surface area contributed by atoms with Gasteiger partial charge in [-0.05, 0) is 48.7 Å².